The standard InChI is InChI=1S/C19H20N2O4/c1-2-13-3-6-15(20-12-13)9-10-24-16-7-4-14(5-8-16)11-17-18(22)21-19(23)25-17/h3-8,12,22H,2,9-11H2,1H3,(H,21,23). The van der Waals surface area contributed by atoms with E-state index in [2.05, 4.69) is 23.0 Å². The monoisotopic (exact) mass is 340 g/mol. The number of benzene rings is 1. The summed E-state index contributed by atoms with van der Waals surface area (Å²) in [5.74, 6) is 0.0916. The number of aromatic nitrogens is 2. The number of ether oxygens (including phenoxy) is 1. The molecule has 0 atom stereocenters. The average molecular weight is 340 g/mol. The van der Waals surface area contributed by atoms with Crippen molar-refractivity contribution in [3.8, 4) is 11.6 Å². The molecule has 0 aliphatic carbocycles. The van der Waals surface area contributed by atoms with E-state index in [-0.39, 0.29) is 11.6 Å². The van der Waals surface area contributed by atoms with Gasteiger partial charge in [-0.15, -0.1) is 0 Å². The Morgan fingerprint density at radius 2 is 1.92 bits per heavy atom. The van der Waals surface area contributed by atoms with Gasteiger partial charge in [-0.25, -0.2) is 4.79 Å². The van der Waals surface area contributed by atoms with E-state index in [1.807, 2.05) is 36.5 Å². The molecule has 6 heteroatoms. The van der Waals surface area contributed by atoms with Gasteiger partial charge in [0.1, 0.15) is 5.75 Å². The minimum atomic E-state index is -0.659. The third-order valence-corrected chi connectivity index (χ3v) is 3.91. The number of aryl methyl sites for hydroxylation is 1. The zero-order chi connectivity index (χ0) is 17.6. The number of hydrogen-bond donors (Lipinski definition) is 2. The normalized spacial score (nSPS) is 10.8. The smallest absolute Gasteiger partial charge is 0.419 e. The number of aromatic amines is 1. The Bertz CT molecular complexity index is 864. The predicted octanol–water partition coefficient (Wildman–Crippen LogP) is 2.84. The largest absolute Gasteiger partial charge is 0.493 e. The van der Waals surface area contributed by atoms with Crippen LogP contribution in [0.2, 0.25) is 0 Å². The zero-order valence-corrected chi connectivity index (χ0v) is 14.0. The Kier molecular flexibility index (Phi) is 5.18. The number of aromatic hydroxyl groups is 1. The van der Waals surface area contributed by atoms with Crippen LogP contribution in [0.25, 0.3) is 0 Å². The van der Waals surface area contributed by atoms with Crippen molar-refractivity contribution in [3.05, 3.63) is 75.7 Å². The molecule has 3 aromatic rings. The van der Waals surface area contributed by atoms with Gasteiger partial charge in [-0.3, -0.25) is 9.97 Å². The van der Waals surface area contributed by atoms with Crippen LogP contribution >= 0.6 is 0 Å². The molecule has 6 nitrogen and oxygen atoms in total. The van der Waals surface area contributed by atoms with Crippen LogP contribution in [0.3, 0.4) is 0 Å². The first-order valence-electron chi connectivity index (χ1n) is 8.20. The fourth-order valence-electron chi connectivity index (χ4n) is 2.45. The lowest BCUT2D eigenvalue weighted by molar-refractivity contribution is 0.320. The van der Waals surface area contributed by atoms with Crippen LogP contribution in [0.5, 0.6) is 11.6 Å². The quantitative estimate of drug-likeness (QED) is 0.690. The third kappa shape index (κ3) is 4.50. The molecular formula is C19H20N2O4. The molecular weight excluding hydrogens is 320 g/mol. The van der Waals surface area contributed by atoms with Crippen molar-refractivity contribution >= 4 is 0 Å². The maximum Gasteiger partial charge on any atom is 0.419 e. The number of hydrogen-bond acceptors (Lipinski definition) is 5. The van der Waals surface area contributed by atoms with Crippen LogP contribution in [0.15, 0.2) is 51.8 Å². The van der Waals surface area contributed by atoms with Crippen molar-refractivity contribution in [2.24, 2.45) is 0 Å². The Morgan fingerprint density at radius 1 is 1.16 bits per heavy atom. The molecule has 0 amide bonds. The van der Waals surface area contributed by atoms with Gasteiger partial charge in [0.2, 0.25) is 5.88 Å². The number of rotatable bonds is 7. The molecule has 25 heavy (non-hydrogen) atoms. The molecule has 1 aromatic carbocycles. The van der Waals surface area contributed by atoms with E-state index in [0.29, 0.717) is 13.0 Å². The Morgan fingerprint density at radius 3 is 2.52 bits per heavy atom. The van der Waals surface area contributed by atoms with Gasteiger partial charge in [-0.2, -0.15) is 0 Å². The number of nitrogens with zero attached hydrogens (tertiary/aromatic N) is 1. The highest BCUT2D eigenvalue weighted by atomic mass is 16.5. The van der Waals surface area contributed by atoms with Gasteiger partial charge in [0.15, 0.2) is 5.76 Å². The fraction of sp³-hybridized carbons (Fsp3) is 0.263. The van der Waals surface area contributed by atoms with E-state index in [1.54, 1.807) is 0 Å². The van der Waals surface area contributed by atoms with E-state index < -0.39 is 5.76 Å². The molecule has 0 aliphatic rings. The summed E-state index contributed by atoms with van der Waals surface area (Å²) >= 11 is 0. The first kappa shape index (κ1) is 16.8. The Labute approximate surface area is 145 Å². The second kappa shape index (κ2) is 7.70. The van der Waals surface area contributed by atoms with E-state index in [1.165, 1.54) is 5.56 Å². The van der Waals surface area contributed by atoms with E-state index >= 15 is 0 Å². The maximum atomic E-state index is 11.0. The van der Waals surface area contributed by atoms with Gasteiger partial charge >= 0.3 is 5.76 Å². The third-order valence-electron chi connectivity index (χ3n) is 3.91. The second-order valence-corrected chi connectivity index (χ2v) is 5.72. The van der Waals surface area contributed by atoms with Crippen molar-refractivity contribution in [1.82, 2.24) is 9.97 Å². The van der Waals surface area contributed by atoms with Crippen molar-refractivity contribution in [2.75, 3.05) is 6.61 Å². The topological polar surface area (TPSA) is 88.3 Å². The summed E-state index contributed by atoms with van der Waals surface area (Å²) < 4.78 is 10.6. The molecule has 130 valence electrons. The summed E-state index contributed by atoms with van der Waals surface area (Å²) in [4.78, 5) is 17.6. The SMILES string of the molecule is CCc1ccc(CCOc2ccc(Cc3oc(=O)[nH]c3O)cc2)nc1. The van der Waals surface area contributed by atoms with Crippen LogP contribution in [-0.2, 0) is 19.3 Å². The average Bonchev–Trinajstić information content (AvgIpc) is 2.94. The summed E-state index contributed by atoms with van der Waals surface area (Å²) in [6, 6.07) is 11.6. The van der Waals surface area contributed by atoms with Crippen LogP contribution in [-0.4, -0.2) is 21.7 Å². The molecule has 0 saturated carbocycles. The lowest BCUT2D eigenvalue weighted by Gasteiger charge is -2.07. The fourth-order valence-corrected chi connectivity index (χ4v) is 2.45. The molecule has 0 unspecified atom stereocenters. The number of oxazole rings is 1. The summed E-state index contributed by atoms with van der Waals surface area (Å²) in [5.41, 5.74) is 3.14. The van der Waals surface area contributed by atoms with Crippen LogP contribution in [0, 0.1) is 0 Å². The molecule has 2 aromatic heterocycles. The van der Waals surface area contributed by atoms with Crippen LogP contribution in [0.1, 0.15) is 29.5 Å². The van der Waals surface area contributed by atoms with Gasteiger partial charge in [0.25, 0.3) is 0 Å². The van der Waals surface area contributed by atoms with Gasteiger partial charge in [0, 0.05) is 24.7 Å². The highest BCUT2D eigenvalue weighted by molar-refractivity contribution is 5.31. The molecule has 2 heterocycles. The van der Waals surface area contributed by atoms with Crippen molar-refractivity contribution < 1.29 is 14.3 Å². The lowest BCUT2D eigenvalue weighted by Crippen LogP contribution is -2.03. The number of nitrogens with one attached hydrogen (secondary N) is 1. The Hall–Kier alpha value is -3.02. The van der Waals surface area contributed by atoms with Crippen molar-refractivity contribution in [1.29, 1.82) is 0 Å². The molecule has 0 radical (unpaired) electrons. The summed E-state index contributed by atoms with van der Waals surface area (Å²) in [5, 5.41) is 9.52. The second-order valence-electron chi connectivity index (χ2n) is 5.72. The van der Waals surface area contributed by atoms with Crippen molar-refractivity contribution in [2.45, 2.75) is 26.2 Å². The maximum absolute atomic E-state index is 11.0. The zero-order valence-electron chi connectivity index (χ0n) is 14.0. The molecule has 0 fully saturated rings. The molecule has 0 aliphatic heterocycles. The number of pyridine rings is 1. The minimum absolute atomic E-state index is 0.222. The van der Waals surface area contributed by atoms with Gasteiger partial charge < -0.3 is 14.3 Å². The lowest BCUT2D eigenvalue weighted by atomic mass is 10.1. The van der Waals surface area contributed by atoms with E-state index in [9.17, 15) is 9.90 Å². The number of H-pyrrole nitrogens is 1. The van der Waals surface area contributed by atoms with Gasteiger partial charge in [-0.1, -0.05) is 25.1 Å². The first-order valence-corrected chi connectivity index (χ1v) is 8.20. The molecule has 0 bridgehead atoms. The van der Waals surface area contributed by atoms with E-state index in [0.717, 1.165) is 29.8 Å². The van der Waals surface area contributed by atoms with Crippen LogP contribution in [0.4, 0.5) is 0 Å². The minimum Gasteiger partial charge on any atom is -0.493 e. The highest BCUT2D eigenvalue weighted by Crippen LogP contribution is 2.19. The first-order chi connectivity index (χ1) is 12.1. The van der Waals surface area contributed by atoms with Crippen LogP contribution < -0.4 is 10.5 Å². The molecule has 3 rings (SSSR count). The molecule has 2 N–H and O–H groups in total. The predicted molar refractivity (Wildman–Crippen MR) is 93.1 cm³/mol. The molecule has 0 saturated heterocycles. The van der Waals surface area contributed by atoms with E-state index in [4.69, 9.17) is 9.15 Å². The Balaban J connectivity index is 1.52. The summed E-state index contributed by atoms with van der Waals surface area (Å²) in [6.45, 7) is 2.65. The molecule has 0 spiro atoms. The van der Waals surface area contributed by atoms with Crippen molar-refractivity contribution in [3.63, 3.8) is 0 Å². The highest BCUT2D eigenvalue weighted by Gasteiger charge is 2.09. The summed E-state index contributed by atoms with van der Waals surface area (Å²) in [7, 11) is 0. The van der Waals surface area contributed by atoms with Gasteiger partial charge in [-0.05, 0) is 35.7 Å². The van der Waals surface area contributed by atoms with Gasteiger partial charge in [0.05, 0.1) is 6.61 Å². The summed E-state index contributed by atoms with van der Waals surface area (Å²) in [6.07, 6.45) is 3.96.